The summed E-state index contributed by atoms with van der Waals surface area (Å²) >= 11 is 0. The Hall–Kier alpha value is -3.32. The molecule has 6 nitrogen and oxygen atoms in total. The number of anilines is 2. The molecule has 27 heavy (non-hydrogen) atoms. The van der Waals surface area contributed by atoms with Gasteiger partial charge in [0.15, 0.2) is 0 Å². The second-order valence-electron chi connectivity index (χ2n) is 6.16. The van der Waals surface area contributed by atoms with Gasteiger partial charge in [-0.2, -0.15) is 0 Å². The Kier molecular flexibility index (Phi) is 4.29. The number of hydrogen-bond donors (Lipinski definition) is 3. The van der Waals surface area contributed by atoms with Crippen molar-refractivity contribution in [3.63, 3.8) is 0 Å². The van der Waals surface area contributed by atoms with Gasteiger partial charge in [0.2, 0.25) is 9.84 Å². The third-order valence-corrected chi connectivity index (χ3v) is 6.22. The van der Waals surface area contributed by atoms with E-state index in [2.05, 4.69) is 15.3 Å². The van der Waals surface area contributed by atoms with Gasteiger partial charge in [-0.05, 0) is 29.8 Å². The molecular formula is C20H18N4O2S. The van der Waals surface area contributed by atoms with Crippen molar-refractivity contribution in [2.24, 2.45) is 0 Å². The summed E-state index contributed by atoms with van der Waals surface area (Å²) in [4.78, 5) is 7.51. The second kappa shape index (κ2) is 6.77. The number of aromatic nitrogens is 2. The maximum atomic E-state index is 13.0. The first kappa shape index (κ1) is 17.1. The molecule has 0 saturated heterocycles. The number of nitrogens with one attached hydrogen (secondary N) is 2. The van der Waals surface area contributed by atoms with E-state index in [1.165, 1.54) is 0 Å². The summed E-state index contributed by atoms with van der Waals surface area (Å²) in [5, 5.41) is 3.91. The fourth-order valence-electron chi connectivity index (χ4n) is 2.95. The summed E-state index contributed by atoms with van der Waals surface area (Å²) in [6.45, 7) is 0.529. The van der Waals surface area contributed by atoms with Crippen LogP contribution in [-0.2, 0) is 16.4 Å². The first-order valence-electron chi connectivity index (χ1n) is 8.39. The molecule has 0 atom stereocenters. The van der Waals surface area contributed by atoms with Gasteiger partial charge >= 0.3 is 0 Å². The van der Waals surface area contributed by atoms with Gasteiger partial charge in [0.25, 0.3) is 0 Å². The quantitative estimate of drug-likeness (QED) is 0.493. The summed E-state index contributed by atoms with van der Waals surface area (Å²) in [5.41, 5.74) is 8.96. The molecule has 4 rings (SSSR count). The van der Waals surface area contributed by atoms with Crippen molar-refractivity contribution >= 4 is 32.1 Å². The van der Waals surface area contributed by atoms with E-state index in [1.54, 1.807) is 55.0 Å². The molecule has 0 aliphatic carbocycles. The van der Waals surface area contributed by atoms with E-state index >= 15 is 0 Å². The van der Waals surface area contributed by atoms with Crippen LogP contribution in [0, 0.1) is 0 Å². The molecule has 0 aliphatic heterocycles. The van der Waals surface area contributed by atoms with E-state index in [1.807, 2.05) is 18.2 Å². The van der Waals surface area contributed by atoms with Crippen LogP contribution in [0.1, 0.15) is 5.56 Å². The summed E-state index contributed by atoms with van der Waals surface area (Å²) in [7, 11) is -3.59. The molecule has 0 bridgehead atoms. The largest absolute Gasteiger partial charge is 0.396 e. The summed E-state index contributed by atoms with van der Waals surface area (Å²) in [6, 6.07) is 16.0. The van der Waals surface area contributed by atoms with Gasteiger partial charge < -0.3 is 16.0 Å². The number of nitrogen functional groups attached to an aromatic ring is 1. The van der Waals surface area contributed by atoms with Gasteiger partial charge in [0.05, 0.1) is 27.4 Å². The van der Waals surface area contributed by atoms with Crippen molar-refractivity contribution in [1.82, 2.24) is 9.97 Å². The van der Waals surface area contributed by atoms with Crippen molar-refractivity contribution in [2.75, 3.05) is 11.1 Å². The van der Waals surface area contributed by atoms with Crippen LogP contribution in [0.25, 0.3) is 10.9 Å². The minimum atomic E-state index is -3.59. The Morgan fingerprint density at radius 2 is 1.81 bits per heavy atom. The van der Waals surface area contributed by atoms with Crippen LogP contribution in [0.15, 0.2) is 83.0 Å². The van der Waals surface area contributed by atoms with Gasteiger partial charge in [-0.3, -0.25) is 4.98 Å². The number of aromatic amines is 1. The lowest BCUT2D eigenvalue weighted by Gasteiger charge is -2.09. The molecule has 0 fully saturated rings. The summed E-state index contributed by atoms with van der Waals surface area (Å²) in [5.74, 6) is 0. The highest BCUT2D eigenvalue weighted by atomic mass is 32.2. The zero-order valence-corrected chi connectivity index (χ0v) is 15.2. The number of pyridine rings is 1. The SMILES string of the molecule is Nc1cnccc1NCc1ccc(S(=O)(=O)c2c[nH]c3ccccc23)cc1. The third-order valence-electron chi connectivity index (χ3n) is 4.41. The van der Waals surface area contributed by atoms with E-state index in [0.717, 1.165) is 16.8 Å². The molecule has 2 aromatic carbocycles. The van der Waals surface area contributed by atoms with E-state index in [0.29, 0.717) is 17.6 Å². The van der Waals surface area contributed by atoms with Crippen LogP contribution in [-0.4, -0.2) is 18.4 Å². The molecule has 136 valence electrons. The van der Waals surface area contributed by atoms with Crippen LogP contribution < -0.4 is 11.1 Å². The number of hydrogen-bond acceptors (Lipinski definition) is 5. The average Bonchev–Trinajstić information content (AvgIpc) is 3.13. The van der Waals surface area contributed by atoms with Gasteiger partial charge in [-0.25, -0.2) is 8.42 Å². The Balaban J connectivity index is 1.57. The maximum Gasteiger partial charge on any atom is 0.208 e. The summed E-state index contributed by atoms with van der Waals surface area (Å²) < 4.78 is 26.0. The molecule has 2 heterocycles. The first-order chi connectivity index (χ1) is 13.1. The van der Waals surface area contributed by atoms with Crippen LogP contribution in [0.2, 0.25) is 0 Å². The lowest BCUT2D eigenvalue weighted by atomic mass is 10.2. The monoisotopic (exact) mass is 378 g/mol. The zero-order chi connectivity index (χ0) is 18.9. The highest BCUT2D eigenvalue weighted by molar-refractivity contribution is 7.91. The Morgan fingerprint density at radius 3 is 2.59 bits per heavy atom. The number of H-pyrrole nitrogens is 1. The Morgan fingerprint density at radius 1 is 1.04 bits per heavy atom. The van der Waals surface area contributed by atoms with E-state index < -0.39 is 9.84 Å². The molecule has 0 spiro atoms. The maximum absolute atomic E-state index is 13.0. The minimum absolute atomic E-state index is 0.263. The third kappa shape index (κ3) is 3.24. The molecule has 0 radical (unpaired) electrons. The van der Waals surface area contributed by atoms with Crippen LogP contribution in [0.3, 0.4) is 0 Å². The number of para-hydroxylation sites is 1. The summed E-state index contributed by atoms with van der Waals surface area (Å²) in [6.07, 6.45) is 4.79. The standard InChI is InChI=1S/C20H18N4O2S/c21-17-12-22-10-9-19(17)23-11-14-5-7-15(8-6-14)27(25,26)20-13-24-18-4-2-1-3-16(18)20/h1-10,12-13,24H,11,21H2,(H,22,23). The predicted octanol–water partition coefficient (Wildman–Crippen LogP) is 3.59. The fraction of sp³-hybridized carbons (Fsp3) is 0.0500. The van der Waals surface area contributed by atoms with Gasteiger partial charge in [0.1, 0.15) is 0 Å². The molecule has 2 aromatic heterocycles. The molecule has 4 N–H and O–H groups in total. The normalized spacial score (nSPS) is 11.6. The highest BCUT2D eigenvalue weighted by Crippen LogP contribution is 2.28. The molecule has 0 amide bonds. The highest BCUT2D eigenvalue weighted by Gasteiger charge is 2.21. The van der Waals surface area contributed by atoms with E-state index in [4.69, 9.17) is 5.73 Å². The van der Waals surface area contributed by atoms with E-state index in [9.17, 15) is 8.42 Å². The van der Waals surface area contributed by atoms with Crippen molar-refractivity contribution in [3.05, 3.63) is 78.8 Å². The number of nitrogens with zero attached hydrogens (tertiary/aromatic N) is 1. The van der Waals surface area contributed by atoms with Gasteiger partial charge in [-0.1, -0.05) is 30.3 Å². The molecular weight excluding hydrogens is 360 g/mol. The van der Waals surface area contributed by atoms with Crippen LogP contribution in [0.4, 0.5) is 11.4 Å². The molecule has 0 unspecified atom stereocenters. The fourth-order valence-corrected chi connectivity index (χ4v) is 4.38. The van der Waals surface area contributed by atoms with Gasteiger partial charge in [-0.15, -0.1) is 0 Å². The zero-order valence-electron chi connectivity index (χ0n) is 14.4. The average molecular weight is 378 g/mol. The van der Waals surface area contributed by atoms with Crippen molar-refractivity contribution in [2.45, 2.75) is 16.3 Å². The van der Waals surface area contributed by atoms with Crippen molar-refractivity contribution < 1.29 is 8.42 Å². The number of benzene rings is 2. The van der Waals surface area contributed by atoms with Gasteiger partial charge in [0, 0.05) is 29.8 Å². The number of nitrogens with two attached hydrogens (primary N) is 1. The van der Waals surface area contributed by atoms with E-state index in [-0.39, 0.29) is 9.79 Å². The van der Waals surface area contributed by atoms with Crippen molar-refractivity contribution in [1.29, 1.82) is 0 Å². The lowest BCUT2D eigenvalue weighted by Crippen LogP contribution is -2.04. The second-order valence-corrected chi connectivity index (χ2v) is 8.08. The van der Waals surface area contributed by atoms with Crippen LogP contribution >= 0.6 is 0 Å². The molecule has 0 saturated carbocycles. The molecule has 0 aliphatic rings. The predicted molar refractivity (Wildman–Crippen MR) is 106 cm³/mol. The Bertz CT molecular complexity index is 1200. The van der Waals surface area contributed by atoms with Crippen LogP contribution in [0.5, 0.6) is 0 Å². The smallest absolute Gasteiger partial charge is 0.208 e. The van der Waals surface area contributed by atoms with Crippen molar-refractivity contribution in [3.8, 4) is 0 Å². The number of rotatable bonds is 5. The first-order valence-corrected chi connectivity index (χ1v) is 9.87. The topological polar surface area (TPSA) is 101 Å². The number of fused-ring (bicyclic) bond motifs is 1. The minimum Gasteiger partial charge on any atom is -0.396 e. The lowest BCUT2D eigenvalue weighted by molar-refractivity contribution is 0.597. The molecule has 7 heteroatoms. The Labute approximate surface area is 157 Å². The number of sulfone groups is 1. The molecule has 4 aromatic rings.